The first kappa shape index (κ1) is 20.4. The van der Waals surface area contributed by atoms with Crippen LogP contribution >= 0.6 is 58.3 Å². The number of rotatable bonds is 2. The molecule has 0 radical (unpaired) electrons. The van der Waals surface area contributed by atoms with Crippen LogP contribution in [0, 0.1) is 5.41 Å². The molecule has 1 aliphatic carbocycles. The molecule has 6 rings (SSSR count). The Balaban J connectivity index is 0.000000142. The molecule has 4 aliphatic rings. The maximum absolute atomic E-state index is 5.98. The molecule has 6 nitrogen and oxygen atoms in total. The summed E-state index contributed by atoms with van der Waals surface area (Å²) in [6.45, 7) is 1.87. The van der Waals surface area contributed by atoms with E-state index in [0.29, 0.717) is 21.9 Å². The SMILES string of the molecule is Clc1nc(Cl)c2c(n1)CCS2.Clc1nc2c(c(NC3CC4(COC4)C3)n1)SCC2. The molecule has 1 spiro atoms. The fourth-order valence-corrected chi connectivity index (χ4v) is 6.85. The Labute approximate surface area is 192 Å². The van der Waals surface area contributed by atoms with Gasteiger partial charge in [0, 0.05) is 35.8 Å². The lowest BCUT2D eigenvalue weighted by atomic mass is 9.64. The van der Waals surface area contributed by atoms with E-state index < -0.39 is 0 Å². The molecular formula is C18H18Cl3N5OS2. The molecule has 5 heterocycles. The minimum absolute atomic E-state index is 0.247. The molecule has 2 aromatic heterocycles. The standard InChI is InChI=1S/C12H14ClN3OS.C6H4Cl2N2S/c13-11-15-8-1-2-18-9(8)10(16-11)14-7-3-12(4-7)5-17-6-12;7-5-4-3(1-2-11-4)9-6(8)10-5/h7H,1-6H2,(H,14,15,16);1-2H2. The Bertz CT molecular complexity index is 952. The summed E-state index contributed by atoms with van der Waals surface area (Å²) in [7, 11) is 0. The molecule has 1 N–H and O–H groups in total. The maximum Gasteiger partial charge on any atom is 0.224 e. The largest absolute Gasteiger partial charge is 0.380 e. The van der Waals surface area contributed by atoms with Gasteiger partial charge in [-0.1, -0.05) is 11.6 Å². The lowest BCUT2D eigenvalue weighted by Gasteiger charge is -2.53. The molecule has 0 unspecified atom stereocenters. The second-order valence-corrected chi connectivity index (χ2v) is 10.9. The number of fused-ring (bicyclic) bond motifs is 2. The predicted molar refractivity (Wildman–Crippen MR) is 118 cm³/mol. The molecule has 2 fully saturated rings. The van der Waals surface area contributed by atoms with Crippen molar-refractivity contribution in [2.75, 3.05) is 30.0 Å². The minimum atomic E-state index is 0.247. The molecule has 29 heavy (non-hydrogen) atoms. The third-order valence-electron chi connectivity index (χ3n) is 5.46. The second kappa shape index (κ2) is 8.20. The van der Waals surface area contributed by atoms with Gasteiger partial charge in [-0.15, -0.1) is 23.5 Å². The normalized spacial score (nSPS) is 20.9. The highest BCUT2D eigenvalue weighted by atomic mass is 35.5. The van der Waals surface area contributed by atoms with Crippen LogP contribution in [-0.2, 0) is 17.6 Å². The summed E-state index contributed by atoms with van der Waals surface area (Å²) in [5.41, 5.74) is 2.56. The van der Waals surface area contributed by atoms with Gasteiger partial charge in [-0.05, 0) is 36.0 Å². The van der Waals surface area contributed by atoms with Crippen molar-refractivity contribution < 1.29 is 4.74 Å². The van der Waals surface area contributed by atoms with Crippen molar-refractivity contribution in [3.8, 4) is 0 Å². The Morgan fingerprint density at radius 3 is 2.14 bits per heavy atom. The number of aryl methyl sites for hydroxylation is 2. The molecule has 0 bridgehead atoms. The Morgan fingerprint density at radius 2 is 1.48 bits per heavy atom. The molecule has 1 saturated carbocycles. The Morgan fingerprint density at radius 1 is 0.862 bits per heavy atom. The number of nitrogens with zero attached hydrogens (tertiary/aromatic N) is 4. The molecule has 0 atom stereocenters. The topological polar surface area (TPSA) is 72.8 Å². The van der Waals surface area contributed by atoms with E-state index in [1.807, 2.05) is 11.8 Å². The minimum Gasteiger partial charge on any atom is -0.380 e. The van der Waals surface area contributed by atoms with Gasteiger partial charge in [0.2, 0.25) is 10.6 Å². The van der Waals surface area contributed by atoms with Crippen molar-refractivity contribution >= 4 is 64.1 Å². The lowest BCUT2D eigenvalue weighted by Crippen LogP contribution is -2.56. The number of hydrogen-bond donors (Lipinski definition) is 1. The summed E-state index contributed by atoms with van der Waals surface area (Å²) >= 11 is 20.9. The molecule has 154 valence electrons. The Hall–Kier alpha value is -0.510. The van der Waals surface area contributed by atoms with Crippen LogP contribution in [-0.4, -0.2) is 50.7 Å². The third kappa shape index (κ3) is 4.16. The molecule has 0 amide bonds. The number of nitrogens with one attached hydrogen (secondary N) is 1. The highest BCUT2D eigenvalue weighted by molar-refractivity contribution is 8.00. The van der Waals surface area contributed by atoms with E-state index in [9.17, 15) is 0 Å². The van der Waals surface area contributed by atoms with Crippen LogP contribution < -0.4 is 5.32 Å². The monoisotopic (exact) mass is 489 g/mol. The average Bonchev–Trinajstić information content (AvgIpc) is 3.25. The number of anilines is 1. The smallest absolute Gasteiger partial charge is 0.224 e. The van der Waals surface area contributed by atoms with E-state index >= 15 is 0 Å². The van der Waals surface area contributed by atoms with Gasteiger partial charge in [-0.25, -0.2) is 15.0 Å². The molecular weight excluding hydrogens is 473 g/mol. The van der Waals surface area contributed by atoms with Gasteiger partial charge in [0.15, 0.2) is 0 Å². The van der Waals surface area contributed by atoms with Crippen molar-refractivity contribution in [2.45, 2.75) is 41.5 Å². The van der Waals surface area contributed by atoms with Crippen LogP contribution in [0.2, 0.25) is 15.7 Å². The third-order valence-corrected chi connectivity index (χ3v) is 8.44. The van der Waals surface area contributed by atoms with Gasteiger partial charge in [0.1, 0.15) is 11.0 Å². The number of thioether (sulfide) groups is 2. The van der Waals surface area contributed by atoms with Gasteiger partial charge in [-0.2, -0.15) is 4.98 Å². The molecule has 0 aromatic carbocycles. The average molecular weight is 491 g/mol. The van der Waals surface area contributed by atoms with E-state index in [1.54, 1.807) is 11.8 Å². The van der Waals surface area contributed by atoms with Crippen molar-refractivity contribution in [1.29, 1.82) is 0 Å². The van der Waals surface area contributed by atoms with Gasteiger partial charge in [-0.3, -0.25) is 0 Å². The zero-order valence-electron chi connectivity index (χ0n) is 15.4. The van der Waals surface area contributed by atoms with Crippen LogP contribution in [0.5, 0.6) is 0 Å². The van der Waals surface area contributed by atoms with E-state index in [-0.39, 0.29) is 5.28 Å². The van der Waals surface area contributed by atoms with Crippen LogP contribution in [0.4, 0.5) is 5.82 Å². The van der Waals surface area contributed by atoms with Crippen LogP contribution in [0.15, 0.2) is 9.79 Å². The predicted octanol–water partition coefficient (Wildman–Crippen LogP) is 4.80. The van der Waals surface area contributed by atoms with Crippen molar-refractivity contribution in [1.82, 2.24) is 19.9 Å². The summed E-state index contributed by atoms with van der Waals surface area (Å²) in [6.07, 6.45) is 4.32. The summed E-state index contributed by atoms with van der Waals surface area (Å²) in [5.74, 6) is 3.05. The molecule has 1 saturated heterocycles. The number of hydrogen-bond acceptors (Lipinski definition) is 8. The summed E-state index contributed by atoms with van der Waals surface area (Å²) in [6, 6.07) is 0.519. The zero-order chi connectivity index (χ0) is 20.0. The van der Waals surface area contributed by atoms with Crippen LogP contribution in [0.3, 0.4) is 0 Å². The maximum atomic E-state index is 5.98. The number of aromatic nitrogens is 4. The second-order valence-electron chi connectivity index (χ2n) is 7.62. The quantitative estimate of drug-likeness (QED) is 0.475. The van der Waals surface area contributed by atoms with E-state index in [1.165, 1.54) is 17.7 Å². The fraction of sp³-hybridized carbons (Fsp3) is 0.556. The molecule has 11 heteroatoms. The Kier molecular flexibility index (Phi) is 5.77. The summed E-state index contributed by atoms with van der Waals surface area (Å²) in [5, 5.41) is 4.63. The highest BCUT2D eigenvalue weighted by Crippen LogP contribution is 2.48. The zero-order valence-corrected chi connectivity index (χ0v) is 19.3. The number of halogens is 3. The first-order valence-electron chi connectivity index (χ1n) is 9.40. The van der Waals surface area contributed by atoms with E-state index in [2.05, 4.69) is 25.3 Å². The summed E-state index contributed by atoms with van der Waals surface area (Å²) in [4.78, 5) is 18.7. The van der Waals surface area contributed by atoms with Gasteiger partial charge >= 0.3 is 0 Å². The first-order chi connectivity index (χ1) is 14.0. The van der Waals surface area contributed by atoms with Crippen LogP contribution in [0.25, 0.3) is 0 Å². The van der Waals surface area contributed by atoms with Crippen molar-refractivity contribution in [2.24, 2.45) is 5.41 Å². The fourth-order valence-electron chi connectivity index (χ4n) is 4.04. The first-order valence-corrected chi connectivity index (χ1v) is 12.5. The van der Waals surface area contributed by atoms with Gasteiger partial charge < -0.3 is 10.1 Å². The lowest BCUT2D eigenvalue weighted by molar-refractivity contribution is -0.159. The van der Waals surface area contributed by atoms with Gasteiger partial charge in [0.25, 0.3) is 0 Å². The van der Waals surface area contributed by atoms with E-state index in [0.717, 1.165) is 59.7 Å². The molecule has 2 aromatic rings. The summed E-state index contributed by atoms with van der Waals surface area (Å²) < 4.78 is 5.29. The van der Waals surface area contributed by atoms with Gasteiger partial charge in [0.05, 0.1) is 34.4 Å². The number of ether oxygens (including phenoxy) is 1. The van der Waals surface area contributed by atoms with Crippen molar-refractivity contribution in [3.63, 3.8) is 0 Å². The highest BCUT2D eigenvalue weighted by Gasteiger charge is 2.50. The van der Waals surface area contributed by atoms with Crippen molar-refractivity contribution in [3.05, 3.63) is 27.1 Å². The molecule has 3 aliphatic heterocycles. The van der Waals surface area contributed by atoms with Crippen LogP contribution in [0.1, 0.15) is 24.2 Å². The van der Waals surface area contributed by atoms with E-state index in [4.69, 9.17) is 39.5 Å².